The summed E-state index contributed by atoms with van der Waals surface area (Å²) in [7, 11) is 1.95. The third-order valence-corrected chi connectivity index (χ3v) is 4.53. The molecule has 0 aromatic heterocycles. The molecule has 0 amide bonds. The van der Waals surface area contributed by atoms with Crippen LogP contribution < -0.4 is 14.8 Å². The quantitative estimate of drug-likeness (QED) is 0.859. The smallest absolute Gasteiger partial charge is 0.161 e. The fraction of sp³-hybridized carbons (Fsp3) is 0.667. The van der Waals surface area contributed by atoms with Gasteiger partial charge in [0.25, 0.3) is 0 Å². The number of ether oxygens (including phenoxy) is 2. The monoisotopic (exact) mass is 291 g/mol. The van der Waals surface area contributed by atoms with Gasteiger partial charge < -0.3 is 14.8 Å². The summed E-state index contributed by atoms with van der Waals surface area (Å²) in [6.07, 6.45) is 3.87. The first-order valence-electron chi connectivity index (χ1n) is 8.21. The second-order valence-electron chi connectivity index (χ2n) is 6.25. The molecule has 21 heavy (non-hydrogen) atoms. The van der Waals surface area contributed by atoms with Gasteiger partial charge in [-0.15, -0.1) is 0 Å². The average Bonchev–Trinajstić information content (AvgIpc) is 2.46. The Kier molecular flexibility index (Phi) is 5.92. The molecular formula is C18H29NO2. The lowest BCUT2D eigenvalue weighted by Crippen LogP contribution is -2.28. The number of nitrogens with one attached hydrogen (secondary N) is 1. The zero-order valence-corrected chi connectivity index (χ0v) is 13.8. The second-order valence-corrected chi connectivity index (χ2v) is 6.25. The summed E-state index contributed by atoms with van der Waals surface area (Å²) in [5.41, 5.74) is 1.22. The van der Waals surface area contributed by atoms with E-state index in [9.17, 15) is 0 Å². The van der Waals surface area contributed by atoms with Crippen LogP contribution in [-0.2, 0) is 6.54 Å². The third-order valence-electron chi connectivity index (χ3n) is 4.53. The zero-order chi connectivity index (χ0) is 15.2. The van der Waals surface area contributed by atoms with Crippen LogP contribution in [0.15, 0.2) is 18.2 Å². The molecule has 3 nitrogen and oxygen atoms in total. The summed E-state index contributed by atoms with van der Waals surface area (Å²) >= 11 is 0. The second kappa shape index (κ2) is 7.69. The van der Waals surface area contributed by atoms with Crippen LogP contribution in [-0.4, -0.2) is 19.8 Å². The number of hydrogen-bond acceptors (Lipinski definition) is 3. The van der Waals surface area contributed by atoms with Gasteiger partial charge in [-0.2, -0.15) is 0 Å². The molecule has 1 aliphatic carbocycles. The molecule has 1 fully saturated rings. The van der Waals surface area contributed by atoms with Crippen LogP contribution in [0.1, 0.15) is 45.6 Å². The highest BCUT2D eigenvalue weighted by atomic mass is 16.5. The molecule has 0 saturated heterocycles. The minimum atomic E-state index is 0.325. The van der Waals surface area contributed by atoms with Crippen LogP contribution in [0.4, 0.5) is 0 Å². The van der Waals surface area contributed by atoms with Crippen LogP contribution >= 0.6 is 0 Å². The van der Waals surface area contributed by atoms with Gasteiger partial charge in [0, 0.05) is 6.54 Å². The van der Waals surface area contributed by atoms with Crippen molar-refractivity contribution >= 4 is 0 Å². The molecule has 1 N–H and O–H groups in total. The number of benzene rings is 1. The van der Waals surface area contributed by atoms with Crippen molar-refractivity contribution < 1.29 is 9.47 Å². The molecule has 3 atom stereocenters. The van der Waals surface area contributed by atoms with Gasteiger partial charge in [-0.1, -0.05) is 19.9 Å². The van der Waals surface area contributed by atoms with E-state index >= 15 is 0 Å². The van der Waals surface area contributed by atoms with Crippen LogP contribution in [0.25, 0.3) is 0 Å². The maximum atomic E-state index is 6.25. The molecule has 0 bridgehead atoms. The summed E-state index contributed by atoms with van der Waals surface area (Å²) < 4.78 is 12.0. The van der Waals surface area contributed by atoms with E-state index in [1.54, 1.807) is 0 Å². The minimum Gasteiger partial charge on any atom is -0.490 e. The van der Waals surface area contributed by atoms with Crippen molar-refractivity contribution in [3.63, 3.8) is 0 Å². The topological polar surface area (TPSA) is 30.5 Å². The minimum absolute atomic E-state index is 0.325. The first-order valence-corrected chi connectivity index (χ1v) is 8.21. The molecule has 3 heteroatoms. The molecule has 118 valence electrons. The number of hydrogen-bond donors (Lipinski definition) is 1. The Labute approximate surface area is 129 Å². The Morgan fingerprint density at radius 1 is 1.14 bits per heavy atom. The molecular weight excluding hydrogens is 262 g/mol. The summed E-state index contributed by atoms with van der Waals surface area (Å²) in [6, 6.07) is 6.26. The first-order chi connectivity index (χ1) is 10.1. The Balaban J connectivity index is 2.07. The van der Waals surface area contributed by atoms with Crippen molar-refractivity contribution in [2.45, 2.75) is 52.7 Å². The van der Waals surface area contributed by atoms with Gasteiger partial charge in [-0.3, -0.25) is 0 Å². The van der Waals surface area contributed by atoms with Gasteiger partial charge in [0.15, 0.2) is 11.5 Å². The average molecular weight is 291 g/mol. The highest BCUT2D eigenvalue weighted by molar-refractivity contribution is 5.43. The predicted molar refractivity (Wildman–Crippen MR) is 87.0 cm³/mol. The van der Waals surface area contributed by atoms with E-state index in [-0.39, 0.29) is 0 Å². The third kappa shape index (κ3) is 4.37. The normalized spacial score (nSPS) is 25.6. The summed E-state index contributed by atoms with van der Waals surface area (Å²) in [4.78, 5) is 0. The van der Waals surface area contributed by atoms with Crippen molar-refractivity contribution in [3.05, 3.63) is 23.8 Å². The molecule has 3 unspecified atom stereocenters. The van der Waals surface area contributed by atoms with Gasteiger partial charge in [0.05, 0.1) is 12.7 Å². The lowest BCUT2D eigenvalue weighted by Gasteiger charge is -2.32. The van der Waals surface area contributed by atoms with E-state index in [0.717, 1.165) is 42.7 Å². The summed E-state index contributed by atoms with van der Waals surface area (Å²) in [5, 5.41) is 3.17. The molecule has 1 aliphatic rings. The fourth-order valence-corrected chi connectivity index (χ4v) is 3.02. The largest absolute Gasteiger partial charge is 0.490 e. The van der Waals surface area contributed by atoms with E-state index < -0.39 is 0 Å². The Morgan fingerprint density at radius 3 is 2.62 bits per heavy atom. The Bertz CT molecular complexity index is 447. The van der Waals surface area contributed by atoms with E-state index in [4.69, 9.17) is 9.47 Å². The molecule has 0 radical (unpaired) electrons. The first kappa shape index (κ1) is 16.2. The standard InChI is InChI=1S/C18H29NO2/c1-5-20-18-11-15(12-19-4)7-9-17(18)21-16-8-6-13(2)14(3)10-16/h7,9,11,13-14,16,19H,5-6,8,10,12H2,1-4H3. The molecule has 1 saturated carbocycles. The highest BCUT2D eigenvalue weighted by Gasteiger charge is 2.26. The molecule has 0 heterocycles. The molecule has 0 aliphatic heterocycles. The lowest BCUT2D eigenvalue weighted by molar-refractivity contribution is 0.0969. The zero-order valence-electron chi connectivity index (χ0n) is 13.8. The molecule has 0 spiro atoms. The SMILES string of the molecule is CCOc1cc(CNC)ccc1OC1CCC(C)C(C)C1. The lowest BCUT2D eigenvalue weighted by atomic mass is 9.80. The van der Waals surface area contributed by atoms with E-state index in [0.29, 0.717) is 12.7 Å². The van der Waals surface area contributed by atoms with Crippen LogP contribution in [0, 0.1) is 11.8 Å². The molecule has 1 aromatic rings. The van der Waals surface area contributed by atoms with Crippen molar-refractivity contribution in [2.24, 2.45) is 11.8 Å². The van der Waals surface area contributed by atoms with Crippen LogP contribution in [0.2, 0.25) is 0 Å². The fourth-order valence-electron chi connectivity index (χ4n) is 3.02. The molecule has 1 aromatic carbocycles. The van der Waals surface area contributed by atoms with Gasteiger partial charge in [0.1, 0.15) is 0 Å². The van der Waals surface area contributed by atoms with Gasteiger partial charge >= 0.3 is 0 Å². The van der Waals surface area contributed by atoms with Crippen molar-refractivity contribution in [2.75, 3.05) is 13.7 Å². The van der Waals surface area contributed by atoms with E-state index in [1.807, 2.05) is 14.0 Å². The maximum Gasteiger partial charge on any atom is 0.161 e. The predicted octanol–water partition coefficient (Wildman–Crippen LogP) is 4.01. The van der Waals surface area contributed by atoms with Crippen LogP contribution in [0.3, 0.4) is 0 Å². The van der Waals surface area contributed by atoms with E-state index in [1.165, 1.54) is 12.0 Å². The summed E-state index contributed by atoms with van der Waals surface area (Å²) in [6.45, 7) is 8.20. The maximum absolute atomic E-state index is 6.25. The molecule has 2 rings (SSSR count). The van der Waals surface area contributed by atoms with Crippen molar-refractivity contribution in [3.8, 4) is 11.5 Å². The van der Waals surface area contributed by atoms with Crippen LogP contribution in [0.5, 0.6) is 11.5 Å². The van der Waals surface area contributed by atoms with Crippen molar-refractivity contribution in [1.29, 1.82) is 0 Å². The van der Waals surface area contributed by atoms with Gasteiger partial charge in [-0.25, -0.2) is 0 Å². The van der Waals surface area contributed by atoms with Gasteiger partial charge in [-0.05, 0) is 62.8 Å². The number of rotatable bonds is 6. The highest BCUT2D eigenvalue weighted by Crippen LogP contribution is 2.35. The van der Waals surface area contributed by atoms with Crippen molar-refractivity contribution in [1.82, 2.24) is 5.32 Å². The van der Waals surface area contributed by atoms with E-state index in [2.05, 4.69) is 37.4 Å². The summed E-state index contributed by atoms with van der Waals surface area (Å²) in [5.74, 6) is 3.32. The Hall–Kier alpha value is -1.22. The Morgan fingerprint density at radius 2 is 1.95 bits per heavy atom. The van der Waals surface area contributed by atoms with Gasteiger partial charge in [0.2, 0.25) is 0 Å².